The lowest BCUT2D eigenvalue weighted by atomic mass is 10.1. The van der Waals surface area contributed by atoms with Crippen LogP contribution in [0.3, 0.4) is 0 Å². The van der Waals surface area contributed by atoms with Crippen LogP contribution in [-0.2, 0) is 9.53 Å². The second-order valence-electron chi connectivity index (χ2n) is 6.00. The monoisotopic (exact) mass is 378 g/mol. The van der Waals surface area contributed by atoms with Crippen molar-refractivity contribution in [2.24, 2.45) is 0 Å². The van der Waals surface area contributed by atoms with Crippen molar-refractivity contribution in [2.45, 2.75) is 58.3 Å². The van der Waals surface area contributed by atoms with E-state index in [1.165, 1.54) is 68.9 Å². The summed E-state index contributed by atoms with van der Waals surface area (Å²) in [6.07, 6.45) is 11.3. The summed E-state index contributed by atoms with van der Waals surface area (Å²) in [5, 5.41) is 17.1. The van der Waals surface area contributed by atoms with Crippen LogP contribution in [0.4, 0.5) is 0 Å². The highest BCUT2D eigenvalue weighted by Crippen LogP contribution is 2.09. The van der Waals surface area contributed by atoms with Gasteiger partial charge in [-0.25, -0.2) is 14.4 Å². The van der Waals surface area contributed by atoms with Crippen LogP contribution in [0.1, 0.15) is 79.0 Å². The van der Waals surface area contributed by atoms with Crippen molar-refractivity contribution in [3.05, 3.63) is 48.0 Å². The summed E-state index contributed by atoms with van der Waals surface area (Å²) in [6, 6.07) is 5.48. The minimum atomic E-state index is -1.23. The zero-order valence-electron chi connectivity index (χ0n) is 16.0. The van der Waals surface area contributed by atoms with Crippen molar-refractivity contribution in [1.82, 2.24) is 0 Å². The Hall–Kier alpha value is -2.63. The van der Waals surface area contributed by atoms with Gasteiger partial charge in [-0.2, -0.15) is 0 Å². The van der Waals surface area contributed by atoms with Crippen LogP contribution < -0.4 is 0 Å². The van der Waals surface area contributed by atoms with Gasteiger partial charge in [0.25, 0.3) is 0 Å². The van der Waals surface area contributed by atoms with E-state index in [4.69, 9.17) is 14.9 Å². The van der Waals surface area contributed by atoms with Gasteiger partial charge in [0.2, 0.25) is 0 Å². The predicted molar refractivity (Wildman–Crippen MR) is 104 cm³/mol. The first-order valence-electron chi connectivity index (χ1n) is 9.28. The van der Waals surface area contributed by atoms with Crippen LogP contribution in [0.25, 0.3) is 0 Å². The van der Waals surface area contributed by atoms with Crippen molar-refractivity contribution < 1.29 is 29.3 Å². The lowest BCUT2D eigenvalue weighted by Crippen LogP contribution is -2.06. The summed E-state index contributed by atoms with van der Waals surface area (Å²) in [6.45, 7) is 6.11. The summed E-state index contributed by atoms with van der Waals surface area (Å²) < 4.78 is 4.88. The molecule has 150 valence electrons. The summed E-state index contributed by atoms with van der Waals surface area (Å²) in [7, 11) is 0. The Bertz CT molecular complexity index is 561. The van der Waals surface area contributed by atoms with E-state index in [-0.39, 0.29) is 17.1 Å². The summed E-state index contributed by atoms with van der Waals surface area (Å²) in [4.78, 5) is 31.6. The van der Waals surface area contributed by atoms with E-state index in [9.17, 15) is 14.4 Å². The molecule has 0 aliphatic rings. The highest BCUT2D eigenvalue weighted by atomic mass is 16.5. The van der Waals surface area contributed by atoms with E-state index in [2.05, 4.69) is 13.5 Å². The SMILES string of the molecule is C=CC(=O)OCCCCCCCCCC.O=C(O)c1ccccc1C(=O)O. The van der Waals surface area contributed by atoms with E-state index >= 15 is 0 Å². The first kappa shape index (κ1) is 24.4. The van der Waals surface area contributed by atoms with Gasteiger partial charge in [0.05, 0.1) is 17.7 Å². The number of carbonyl (C=O) groups is 3. The van der Waals surface area contributed by atoms with E-state index < -0.39 is 11.9 Å². The Morgan fingerprint density at radius 2 is 1.33 bits per heavy atom. The maximum Gasteiger partial charge on any atom is 0.336 e. The van der Waals surface area contributed by atoms with Gasteiger partial charge < -0.3 is 14.9 Å². The molecule has 0 radical (unpaired) electrons. The Morgan fingerprint density at radius 3 is 1.74 bits per heavy atom. The molecular weight excluding hydrogens is 348 g/mol. The maximum absolute atomic E-state index is 10.7. The third-order valence-electron chi connectivity index (χ3n) is 3.80. The number of carboxylic acids is 2. The third-order valence-corrected chi connectivity index (χ3v) is 3.80. The lowest BCUT2D eigenvalue weighted by molar-refractivity contribution is -0.137. The van der Waals surface area contributed by atoms with E-state index in [1.54, 1.807) is 0 Å². The second kappa shape index (κ2) is 15.6. The fraction of sp³-hybridized carbons (Fsp3) is 0.476. The molecule has 0 saturated heterocycles. The average Bonchev–Trinajstić information content (AvgIpc) is 2.66. The van der Waals surface area contributed by atoms with Crippen LogP contribution in [0.15, 0.2) is 36.9 Å². The average molecular weight is 378 g/mol. The molecule has 1 rings (SSSR count). The quantitative estimate of drug-likeness (QED) is 0.303. The van der Waals surface area contributed by atoms with E-state index in [0.717, 1.165) is 12.8 Å². The number of hydrogen-bond donors (Lipinski definition) is 2. The summed E-state index contributed by atoms with van der Waals surface area (Å²) in [5.41, 5.74) is -0.380. The van der Waals surface area contributed by atoms with Crippen molar-refractivity contribution in [1.29, 1.82) is 0 Å². The van der Waals surface area contributed by atoms with Crippen molar-refractivity contribution >= 4 is 17.9 Å². The van der Waals surface area contributed by atoms with Gasteiger partial charge in [0.15, 0.2) is 0 Å². The van der Waals surface area contributed by atoms with Crippen LogP contribution in [-0.4, -0.2) is 34.7 Å². The number of carboxylic acid groups (broad SMARTS) is 2. The first-order chi connectivity index (χ1) is 12.9. The Morgan fingerprint density at radius 1 is 0.889 bits per heavy atom. The Kier molecular flexibility index (Phi) is 14.1. The molecule has 0 saturated carbocycles. The van der Waals surface area contributed by atoms with Crippen LogP contribution >= 0.6 is 0 Å². The van der Waals surface area contributed by atoms with Gasteiger partial charge in [-0.1, -0.05) is 70.6 Å². The maximum atomic E-state index is 10.7. The fourth-order valence-electron chi connectivity index (χ4n) is 2.32. The number of carbonyl (C=O) groups excluding carboxylic acids is 1. The van der Waals surface area contributed by atoms with Crippen molar-refractivity contribution in [2.75, 3.05) is 6.61 Å². The van der Waals surface area contributed by atoms with E-state index in [1.807, 2.05) is 0 Å². The number of aromatic carboxylic acids is 2. The lowest BCUT2D eigenvalue weighted by Gasteiger charge is -2.02. The van der Waals surface area contributed by atoms with Gasteiger partial charge in [-0.15, -0.1) is 0 Å². The number of benzene rings is 1. The van der Waals surface area contributed by atoms with Gasteiger partial charge >= 0.3 is 17.9 Å². The van der Waals surface area contributed by atoms with Crippen LogP contribution in [0.2, 0.25) is 0 Å². The first-order valence-corrected chi connectivity index (χ1v) is 9.28. The summed E-state index contributed by atoms with van der Waals surface area (Å²) in [5.74, 6) is -2.76. The molecule has 0 fully saturated rings. The minimum absolute atomic E-state index is 0.190. The van der Waals surface area contributed by atoms with Crippen molar-refractivity contribution in [3.8, 4) is 0 Å². The highest BCUT2D eigenvalue weighted by Gasteiger charge is 2.13. The van der Waals surface area contributed by atoms with Gasteiger partial charge in [-0.05, 0) is 18.6 Å². The second-order valence-corrected chi connectivity index (χ2v) is 6.00. The molecule has 1 aromatic rings. The molecule has 0 aromatic heterocycles. The largest absolute Gasteiger partial charge is 0.478 e. The molecule has 0 aliphatic carbocycles. The molecule has 1 aromatic carbocycles. The standard InChI is InChI=1S/C13H24O2.C8H6O4/c1-3-5-6-7-8-9-10-11-12-15-13(14)4-2;9-7(10)5-3-1-2-4-6(5)8(11)12/h4H,2-3,5-12H2,1H3;1-4H,(H,9,10)(H,11,12). The Balaban J connectivity index is 0.000000511. The molecule has 0 atom stereocenters. The molecule has 0 bridgehead atoms. The molecule has 6 nitrogen and oxygen atoms in total. The number of ether oxygens (including phenoxy) is 1. The number of unbranched alkanes of at least 4 members (excludes halogenated alkanes) is 7. The van der Waals surface area contributed by atoms with Crippen molar-refractivity contribution in [3.63, 3.8) is 0 Å². The molecular formula is C21H30O6. The number of rotatable bonds is 12. The number of esters is 1. The van der Waals surface area contributed by atoms with Crippen LogP contribution in [0.5, 0.6) is 0 Å². The molecule has 0 heterocycles. The molecule has 0 spiro atoms. The zero-order valence-corrected chi connectivity index (χ0v) is 16.0. The molecule has 0 unspecified atom stereocenters. The van der Waals surface area contributed by atoms with E-state index in [0.29, 0.717) is 6.61 Å². The van der Waals surface area contributed by atoms with Gasteiger partial charge in [0, 0.05) is 6.08 Å². The highest BCUT2D eigenvalue weighted by molar-refractivity contribution is 6.01. The summed E-state index contributed by atoms with van der Waals surface area (Å²) >= 11 is 0. The normalized spacial score (nSPS) is 9.67. The molecule has 0 aliphatic heterocycles. The molecule has 0 amide bonds. The van der Waals surface area contributed by atoms with Gasteiger partial charge in [0.1, 0.15) is 0 Å². The Labute approximate surface area is 160 Å². The zero-order chi connectivity index (χ0) is 20.5. The van der Waals surface area contributed by atoms with Gasteiger partial charge in [-0.3, -0.25) is 0 Å². The molecule has 27 heavy (non-hydrogen) atoms. The number of hydrogen-bond acceptors (Lipinski definition) is 4. The molecule has 2 N–H and O–H groups in total. The molecule has 6 heteroatoms. The predicted octanol–water partition coefficient (Wildman–Crippen LogP) is 4.94. The fourth-order valence-corrected chi connectivity index (χ4v) is 2.32. The van der Waals surface area contributed by atoms with Crippen LogP contribution in [0, 0.1) is 0 Å². The third kappa shape index (κ3) is 12.4. The minimum Gasteiger partial charge on any atom is -0.478 e. The smallest absolute Gasteiger partial charge is 0.336 e. The topological polar surface area (TPSA) is 101 Å².